The lowest BCUT2D eigenvalue weighted by atomic mass is 9.97. The zero-order valence-corrected chi connectivity index (χ0v) is 14.9. The van der Waals surface area contributed by atoms with Gasteiger partial charge in [-0.05, 0) is 12.1 Å². The monoisotopic (exact) mass is 341 g/mol. The van der Waals surface area contributed by atoms with Crippen molar-refractivity contribution >= 4 is 5.69 Å². The highest BCUT2D eigenvalue weighted by molar-refractivity contribution is 5.48. The van der Waals surface area contributed by atoms with Crippen molar-refractivity contribution in [1.82, 2.24) is 0 Å². The molecule has 136 valence electrons. The standard InChI is InChI=1S/C17H27NO6/c1-19-10-13-14(21-3)15(22-4)16(23-5)17(24-13)18-11-7-6-8-12(9-11)20-2/h6-9,13-18H,10H2,1-5H3/t13-,14-,15+,16-,17+/m1/s1. The lowest BCUT2D eigenvalue weighted by molar-refractivity contribution is -0.243. The topological polar surface area (TPSA) is 67.4 Å². The minimum atomic E-state index is -0.418. The molecule has 1 aromatic rings. The van der Waals surface area contributed by atoms with Gasteiger partial charge in [0.15, 0.2) is 6.23 Å². The molecule has 0 aliphatic carbocycles. The molecule has 0 aromatic heterocycles. The summed E-state index contributed by atoms with van der Waals surface area (Å²) in [4.78, 5) is 0. The number of hydrogen-bond donors (Lipinski definition) is 1. The molecule has 0 radical (unpaired) electrons. The predicted molar refractivity (Wildman–Crippen MR) is 89.5 cm³/mol. The lowest BCUT2D eigenvalue weighted by Gasteiger charge is -2.45. The van der Waals surface area contributed by atoms with E-state index in [1.807, 2.05) is 24.3 Å². The lowest BCUT2D eigenvalue weighted by Crippen LogP contribution is -2.62. The maximum Gasteiger partial charge on any atom is 0.157 e. The van der Waals surface area contributed by atoms with Crippen LogP contribution < -0.4 is 10.1 Å². The summed E-state index contributed by atoms with van der Waals surface area (Å²) in [5.74, 6) is 0.760. The Kier molecular flexibility index (Phi) is 7.26. The van der Waals surface area contributed by atoms with E-state index >= 15 is 0 Å². The molecule has 7 heteroatoms. The molecule has 1 fully saturated rings. The second kappa shape index (κ2) is 9.19. The highest BCUT2D eigenvalue weighted by Crippen LogP contribution is 2.29. The molecule has 0 amide bonds. The maximum atomic E-state index is 6.14. The average molecular weight is 341 g/mol. The van der Waals surface area contributed by atoms with E-state index < -0.39 is 6.23 Å². The van der Waals surface area contributed by atoms with Crippen molar-refractivity contribution in [1.29, 1.82) is 0 Å². The van der Waals surface area contributed by atoms with Gasteiger partial charge in [0.1, 0.15) is 30.2 Å². The first-order chi connectivity index (χ1) is 11.7. The zero-order valence-electron chi connectivity index (χ0n) is 14.9. The van der Waals surface area contributed by atoms with Crippen LogP contribution in [0.5, 0.6) is 5.75 Å². The Hall–Kier alpha value is -1.38. The maximum absolute atomic E-state index is 6.14. The van der Waals surface area contributed by atoms with Gasteiger partial charge in [0.2, 0.25) is 0 Å². The Bertz CT molecular complexity index is 500. The second-order valence-electron chi connectivity index (χ2n) is 5.53. The van der Waals surface area contributed by atoms with E-state index in [-0.39, 0.29) is 24.4 Å². The van der Waals surface area contributed by atoms with E-state index in [0.29, 0.717) is 6.61 Å². The van der Waals surface area contributed by atoms with Crippen molar-refractivity contribution < 1.29 is 28.4 Å². The van der Waals surface area contributed by atoms with Crippen molar-refractivity contribution in [3.63, 3.8) is 0 Å². The molecule has 0 spiro atoms. The van der Waals surface area contributed by atoms with Crippen molar-refractivity contribution in [2.75, 3.05) is 47.5 Å². The zero-order chi connectivity index (χ0) is 17.5. The number of anilines is 1. The fraction of sp³-hybridized carbons (Fsp3) is 0.647. The van der Waals surface area contributed by atoms with Gasteiger partial charge in [-0.25, -0.2) is 0 Å². The van der Waals surface area contributed by atoms with Crippen LogP contribution in [0, 0.1) is 0 Å². The third-order valence-electron chi connectivity index (χ3n) is 4.16. The van der Waals surface area contributed by atoms with E-state index in [1.165, 1.54) is 0 Å². The summed E-state index contributed by atoms with van der Waals surface area (Å²) in [6.07, 6.45) is -1.63. The van der Waals surface area contributed by atoms with E-state index in [1.54, 1.807) is 35.5 Å². The van der Waals surface area contributed by atoms with Gasteiger partial charge >= 0.3 is 0 Å². The molecule has 7 nitrogen and oxygen atoms in total. The fourth-order valence-electron chi connectivity index (χ4n) is 3.02. The molecule has 5 atom stereocenters. The summed E-state index contributed by atoms with van der Waals surface area (Å²) < 4.78 is 33.5. The Morgan fingerprint density at radius 1 is 0.958 bits per heavy atom. The first kappa shape index (κ1) is 19.0. The van der Waals surface area contributed by atoms with Gasteiger partial charge < -0.3 is 33.7 Å². The van der Waals surface area contributed by atoms with Crippen molar-refractivity contribution in [3.8, 4) is 5.75 Å². The molecule has 1 aliphatic rings. The molecule has 1 heterocycles. The summed E-state index contributed by atoms with van der Waals surface area (Å²) in [5.41, 5.74) is 0.864. The van der Waals surface area contributed by atoms with E-state index in [2.05, 4.69) is 5.32 Å². The fourth-order valence-corrected chi connectivity index (χ4v) is 3.02. The van der Waals surface area contributed by atoms with Crippen LogP contribution in [0.15, 0.2) is 24.3 Å². The Labute approximate surface area is 143 Å². The Morgan fingerprint density at radius 2 is 1.67 bits per heavy atom. The van der Waals surface area contributed by atoms with Gasteiger partial charge in [-0.2, -0.15) is 0 Å². The number of benzene rings is 1. The van der Waals surface area contributed by atoms with Crippen molar-refractivity contribution in [3.05, 3.63) is 24.3 Å². The Morgan fingerprint density at radius 3 is 2.25 bits per heavy atom. The number of rotatable bonds is 8. The molecule has 1 N–H and O–H groups in total. The van der Waals surface area contributed by atoms with Crippen molar-refractivity contribution in [2.45, 2.75) is 30.6 Å². The third kappa shape index (κ3) is 4.17. The first-order valence-corrected chi connectivity index (χ1v) is 7.81. The number of hydrogen-bond acceptors (Lipinski definition) is 7. The normalized spacial score (nSPS) is 30.1. The molecule has 0 bridgehead atoms. The van der Waals surface area contributed by atoms with Gasteiger partial charge in [-0.1, -0.05) is 6.07 Å². The van der Waals surface area contributed by atoms with E-state index in [9.17, 15) is 0 Å². The summed E-state index contributed by atoms with van der Waals surface area (Å²) in [6, 6.07) is 7.62. The van der Waals surface area contributed by atoms with Crippen LogP contribution in [0.1, 0.15) is 0 Å². The van der Waals surface area contributed by atoms with E-state index in [4.69, 9.17) is 28.4 Å². The highest BCUT2D eigenvalue weighted by atomic mass is 16.6. The van der Waals surface area contributed by atoms with Crippen LogP contribution in [0.4, 0.5) is 5.69 Å². The van der Waals surface area contributed by atoms with Crippen LogP contribution >= 0.6 is 0 Å². The minimum absolute atomic E-state index is 0.278. The molecular formula is C17H27NO6. The predicted octanol–water partition coefficient (Wildman–Crippen LogP) is 1.52. The average Bonchev–Trinajstić information content (AvgIpc) is 2.61. The number of nitrogens with one attached hydrogen (secondary N) is 1. The summed E-state index contributed by atoms with van der Waals surface area (Å²) in [7, 11) is 8.16. The second-order valence-corrected chi connectivity index (χ2v) is 5.53. The molecule has 0 saturated carbocycles. The molecular weight excluding hydrogens is 314 g/mol. The van der Waals surface area contributed by atoms with Gasteiger partial charge in [0.05, 0.1) is 13.7 Å². The number of methoxy groups -OCH3 is 5. The molecule has 1 saturated heterocycles. The largest absolute Gasteiger partial charge is 0.497 e. The first-order valence-electron chi connectivity index (χ1n) is 7.81. The molecule has 1 aromatic carbocycles. The van der Waals surface area contributed by atoms with Crippen molar-refractivity contribution in [2.24, 2.45) is 0 Å². The van der Waals surface area contributed by atoms with Crippen LogP contribution in [0.3, 0.4) is 0 Å². The Balaban J connectivity index is 2.21. The van der Waals surface area contributed by atoms with Crippen LogP contribution in [0.25, 0.3) is 0 Å². The number of ether oxygens (including phenoxy) is 6. The quantitative estimate of drug-likeness (QED) is 0.769. The minimum Gasteiger partial charge on any atom is -0.497 e. The van der Waals surface area contributed by atoms with Crippen LogP contribution in [-0.4, -0.2) is 72.8 Å². The third-order valence-corrected chi connectivity index (χ3v) is 4.16. The van der Waals surface area contributed by atoms with Gasteiger partial charge in [0, 0.05) is 40.2 Å². The molecule has 1 aliphatic heterocycles. The van der Waals surface area contributed by atoms with Gasteiger partial charge in [-0.15, -0.1) is 0 Å². The molecule has 24 heavy (non-hydrogen) atoms. The summed E-state index contributed by atoms with van der Waals surface area (Å²) in [5, 5.41) is 3.34. The van der Waals surface area contributed by atoms with Crippen LogP contribution in [-0.2, 0) is 23.7 Å². The van der Waals surface area contributed by atoms with Gasteiger partial charge in [-0.3, -0.25) is 0 Å². The molecule has 0 unspecified atom stereocenters. The summed E-state index contributed by atoms with van der Waals surface area (Å²) in [6.45, 7) is 0.394. The summed E-state index contributed by atoms with van der Waals surface area (Å²) >= 11 is 0. The van der Waals surface area contributed by atoms with Crippen LogP contribution in [0.2, 0.25) is 0 Å². The highest BCUT2D eigenvalue weighted by Gasteiger charge is 2.47. The molecule has 2 rings (SSSR count). The van der Waals surface area contributed by atoms with E-state index in [0.717, 1.165) is 11.4 Å². The SMILES string of the molecule is COC[C@H]1O[C@H](Nc2cccc(OC)c2)[C@H](OC)[C@@H](OC)[C@@H]1OC. The smallest absolute Gasteiger partial charge is 0.157 e. The van der Waals surface area contributed by atoms with Gasteiger partial charge in [0.25, 0.3) is 0 Å².